The fourth-order valence-electron chi connectivity index (χ4n) is 2.70. The molecule has 0 amide bonds. The Morgan fingerprint density at radius 2 is 1.37 bits per heavy atom. The number of hydrogen-bond donors (Lipinski definition) is 0. The van der Waals surface area contributed by atoms with E-state index in [9.17, 15) is 13.2 Å². The van der Waals surface area contributed by atoms with E-state index >= 15 is 0 Å². The molecular formula is C21H15Br3N2O3S. The number of allylic oxidation sites excluding steroid dienone is 4. The fraction of sp³-hybridized carbons (Fsp3) is 0.0952. The van der Waals surface area contributed by atoms with Gasteiger partial charge in [-0.15, -0.1) is 4.40 Å². The summed E-state index contributed by atoms with van der Waals surface area (Å²) in [5.41, 5.74) is 2.22. The number of sulfonamides is 1. The van der Waals surface area contributed by atoms with Gasteiger partial charge in [-0.25, -0.2) is 4.99 Å². The van der Waals surface area contributed by atoms with Crippen molar-refractivity contribution in [3.8, 4) is 0 Å². The summed E-state index contributed by atoms with van der Waals surface area (Å²) in [6.07, 6.45) is 0. The molecule has 0 N–H and O–H groups in total. The number of benzene rings is 2. The minimum Gasteiger partial charge on any atom is -0.287 e. The van der Waals surface area contributed by atoms with E-state index in [0.29, 0.717) is 31.4 Å². The highest BCUT2D eigenvalue weighted by Gasteiger charge is 2.27. The third-order valence-electron chi connectivity index (χ3n) is 4.34. The summed E-state index contributed by atoms with van der Waals surface area (Å²) >= 11 is 9.90. The number of aliphatic imine (C=N–C) groups is 1. The van der Waals surface area contributed by atoms with Gasteiger partial charge in [-0.3, -0.25) is 4.79 Å². The maximum Gasteiger partial charge on any atom is 0.284 e. The third kappa shape index (κ3) is 4.80. The SMILES string of the molecule is CC1=C(Br)C(=O)C(Br)=C(C)C1=N/C(=N/S(=O)(=O)c1ccc(Br)cc1)c1ccccc1. The largest absolute Gasteiger partial charge is 0.287 e. The van der Waals surface area contributed by atoms with E-state index in [-0.39, 0.29) is 16.5 Å². The standard InChI is InChI=1S/C21H15Br3N2O3S/c1-12-17(23)20(27)18(24)13(2)19(12)25-21(14-6-4-3-5-7-14)26-30(28,29)16-10-8-15(22)9-11-16/h3-11H,1-2H3/b26-21+. The van der Waals surface area contributed by atoms with Gasteiger partial charge < -0.3 is 0 Å². The number of carbonyl (C=O) groups excluding carboxylic acids is 1. The van der Waals surface area contributed by atoms with Crippen LogP contribution in [0.15, 0.2) is 93.5 Å². The van der Waals surface area contributed by atoms with Crippen LogP contribution in [0.5, 0.6) is 0 Å². The van der Waals surface area contributed by atoms with Crippen LogP contribution in [0.3, 0.4) is 0 Å². The van der Waals surface area contributed by atoms with Crippen LogP contribution in [0.1, 0.15) is 19.4 Å². The third-order valence-corrected chi connectivity index (χ3v) is 8.06. The number of nitrogens with zero attached hydrogens (tertiary/aromatic N) is 2. The number of Topliss-reactive ketones (excluding diaryl/α,β-unsaturated/α-hetero) is 1. The Balaban J connectivity index is 2.23. The average molecular weight is 615 g/mol. The van der Waals surface area contributed by atoms with Crippen LogP contribution in [-0.2, 0) is 14.8 Å². The van der Waals surface area contributed by atoms with Gasteiger partial charge in [0.05, 0.1) is 19.6 Å². The molecule has 154 valence electrons. The van der Waals surface area contributed by atoms with Gasteiger partial charge in [-0.2, -0.15) is 8.42 Å². The molecule has 0 heterocycles. The van der Waals surface area contributed by atoms with Gasteiger partial charge in [-0.1, -0.05) is 46.3 Å². The lowest BCUT2D eigenvalue weighted by molar-refractivity contribution is -0.111. The summed E-state index contributed by atoms with van der Waals surface area (Å²) in [6, 6.07) is 15.1. The van der Waals surface area contributed by atoms with Crippen molar-refractivity contribution in [2.75, 3.05) is 0 Å². The van der Waals surface area contributed by atoms with Crippen molar-refractivity contribution in [1.82, 2.24) is 0 Å². The van der Waals surface area contributed by atoms with Gasteiger partial charge in [0.2, 0.25) is 5.78 Å². The predicted octanol–water partition coefficient (Wildman–Crippen LogP) is 5.95. The second-order valence-electron chi connectivity index (χ2n) is 6.38. The molecule has 1 aliphatic rings. The number of halogens is 3. The zero-order valence-corrected chi connectivity index (χ0v) is 21.4. The van der Waals surface area contributed by atoms with Crippen LogP contribution in [-0.4, -0.2) is 25.7 Å². The first-order valence-corrected chi connectivity index (χ1v) is 12.5. The Hall–Kier alpha value is -1.68. The van der Waals surface area contributed by atoms with Crippen LogP contribution in [0.25, 0.3) is 0 Å². The first-order valence-electron chi connectivity index (χ1n) is 8.64. The van der Waals surface area contributed by atoms with E-state index in [1.54, 1.807) is 50.2 Å². The van der Waals surface area contributed by atoms with Gasteiger partial charge in [0.25, 0.3) is 10.0 Å². The summed E-state index contributed by atoms with van der Waals surface area (Å²) in [6.45, 7) is 3.49. The lowest BCUT2D eigenvalue weighted by Crippen LogP contribution is -2.19. The molecule has 9 heteroatoms. The van der Waals surface area contributed by atoms with Crippen LogP contribution in [0.2, 0.25) is 0 Å². The number of carbonyl (C=O) groups is 1. The predicted molar refractivity (Wildman–Crippen MR) is 130 cm³/mol. The highest BCUT2D eigenvalue weighted by Crippen LogP contribution is 2.32. The van der Waals surface area contributed by atoms with Gasteiger partial charge in [0.15, 0.2) is 5.84 Å². The van der Waals surface area contributed by atoms with Gasteiger partial charge in [0, 0.05) is 10.0 Å². The van der Waals surface area contributed by atoms with Crippen molar-refractivity contribution in [3.05, 3.63) is 84.7 Å². The summed E-state index contributed by atoms with van der Waals surface area (Å²) in [5.74, 6) is -0.160. The van der Waals surface area contributed by atoms with Crippen molar-refractivity contribution >= 4 is 75.1 Å². The Bertz CT molecular complexity index is 1210. The van der Waals surface area contributed by atoms with E-state index in [2.05, 4.69) is 57.2 Å². The topological polar surface area (TPSA) is 75.9 Å². The zero-order valence-electron chi connectivity index (χ0n) is 15.9. The second-order valence-corrected chi connectivity index (χ2v) is 10.5. The molecule has 2 aromatic rings. The molecule has 0 aliphatic heterocycles. The summed E-state index contributed by atoms with van der Waals surface area (Å²) in [5, 5.41) is 0. The van der Waals surface area contributed by atoms with Crippen molar-refractivity contribution in [2.45, 2.75) is 18.7 Å². The Labute approximate surface area is 200 Å². The summed E-state index contributed by atoms with van der Waals surface area (Å²) in [7, 11) is -4.01. The van der Waals surface area contributed by atoms with Crippen molar-refractivity contribution in [1.29, 1.82) is 0 Å². The molecule has 30 heavy (non-hydrogen) atoms. The van der Waals surface area contributed by atoms with Crippen LogP contribution >= 0.6 is 47.8 Å². The average Bonchev–Trinajstić information content (AvgIpc) is 2.74. The molecule has 2 aromatic carbocycles. The molecule has 0 atom stereocenters. The van der Waals surface area contributed by atoms with Crippen molar-refractivity contribution in [2.24, 2.45) is 9.39 Å². The molecule has 0 saturated carbocycles. The number of hydrogen-bond acceptors (Lipinski definition) is 3. The molecule has 0 unspecified atom stereocenters. The Morgan fingerprint density at radius 1 is 0.833 bits per heavy atom. The fourth-order valence-corrected chi connectivity index (χ4v) is 4.96. The minimum absolute atomic E-state index is 0.0298. The maximum absolute atomic E-state index is 12.9. The molecular weight excluding hydrogens is 600 g/mol. The number of ketones is 1. The molecule has 0 fully saturated rings. The van der Waals surface area contributed by atoms with Crippen LogP contribution in [0.4, 0.5) is 0 Å². The molecule has 0 aromatic heterocycles. The first-order chi connectivity index (χ1) is 14.1. The van der Waals surface area contributed by atoms with E-state index in [1.807, 2.05) is 6.07 Å². The molecule has 3 rings (SSSR count). The van der Waals surface area contributed by atoms with Gasteiger partial charge >= 0.3 is 0 Å². The lowest BCUT2D eigenvalue weighted by Gasteiger charge is -2.18. The highest BCUT2D eigenvalue weighted by molar-refractivity contribution is 9.13. The highest BCUT2D eigenvalue weighted by atomic mass is 79.9. The summed E-state index contributed by atoms with van der Waals surface area (Å²) in [4.78, 5) is 16.9. The van der Waals surface area contributed by atoms with E-state index in [1.165, 1.54) is 12.1 Å². The minimum atomic E-state index is -4.01. The molecule has 0 bridgehead atoms. The zero-order chi connectivity index (χ0) is 22.1. The molecule has 0 radical (unpaired) electrons. The molecule has 5 nitrogen and oxygen atoms in total. The smallest absolute Gasteiger partial charge is 0.284 e. The number of rotatable bonds is 3. The molecule has 1 aliphatic carbocycles. The van der Waals surface area contributed by atoms with Crippen molar-refractivity contribution < 1.29 is 13.2 Å². The van der Waals surface area contributed by atoms with Crippen molar-refractivity contribution in [3.63, 3.8) is 0 Å². The van der Waals surface area contributed by atoms with Gasteiger partial charge in [0.1, 0.15) is 0 Å². The molecule has 0 spiro atoms. The second kappa shape index (κ2) is 9.21. The maximum atomic E-state index is 12.9. The van der Waals surface area contributed by atoms with E-state index < -0.39 is 10.0 Å². The van der Waals surface area contributed by atoms with Crippen LogP contribution < -0.4 is 0 Å². The number of amidine groups is 1. The molecule has 0 saturated heterocycles. The normalized spacial score (nSPS) is 15.7. The van der Waals surface area contributed by atoms with E-state index in [4.69, 9.17) is 0 Å². The van der Waals surface area contributed by atoms with E-state index in [0.717, 1.165) is 4.47 Å². The Morgan fingerprint density at radius 3 is 1.90 bits per heavy atom. The van der Waals surface area contributed by atoms with Gasteiger partial charge in [-0.05, 0) is 81.1 Å². The summed E-state index contributed by atoms with van der Waals surface area (Å²) < 4.78 is 31.4. The lowest BCUT2D eigenvalue weighted by atomic mass is 9.97. The quantitative estimate of drug-likeness (QED) is 0.244. The monoisotopic (exact) mass is 612 g/mol. The Kier molecular flexibility index (Phi) is 7.06. The first kappa shape index (κ1) is 23.0. The van der Waals surface area contributed by atoms with Crippen LogP contribution in [0, 0.1) is 0 Å².